The Balaban J connectivity index is 1.72. The Morgan fingerprint density at radius 2 is 1.97 bits per heavy atom. The molecule has 8 heteroatoms. The Labute approximate surface area is 194 Å². The lowest BCUT2D eigenvalue weighted by Gasteiger charge is -2.47. The standard InChI is InChI=1S/C24H34N2O5S/c1-3-31-24(30)19(11-9-17-7-5-4-6-8-17)25-16(2)22(27)26-20(23(28)29)12-10-18-13-14-32-15-21(18)26/h4-8,16,18-21,25H,3,9-15H2,1-2H3,(H,28,29)/t16-,18?,19?,20-,21?/m0/s1. The van der Waals surface area contributed by atoms with Gasteiger partial charge in [-0.25, -0.2) is 4.79 Å². The normalized spacial score (nSPS) is 24.8. The molecule has 3 unspecified atom stereocenters. The number of carbonyl (C=O) groups excluding carboxylic acids is 2. The highest BCUT2D eigenvalue weighted by atomic mass is 32.2. The summed E-state index contributed by atoms with van der Waals surface area (Å²) in [6.45, 7) is 3.74. The number of carbonyl (C=O) groups is 3. The number of ether oxygens (including phenoxy) is 1. The minimum absolute atomic E-state index is 0.0642. The molecule has 2 aliphatic heterocycles. The molecule has 0 saturated carbocycles. The maximum atomic E-state index is 13.5. The SMILES string of the molecule is CCOC(=O)C(CCc1ccccc1)N[C@@H](C)C(=O)N1C2CSCCC2CC[C@H]1C(=O)O. The number of hydrogen-bond donors (Lipinski definition) is 2. The molecule has 5 atom stereocenters. The fourth-order valence-electron chi connectivity index (χ4n) is 4.78. The minimum atomic E-state index is -0.953. The van der Waals surface area contributed by atoms with Crippen LogP contribution in [0.2, 0.25) is 0 Å². The van der Waals surface area contributed by atoms with E-state index in [4.69, 9.17) is 4.74 Å². The molecule has 0 aromatic heterocycles. The number of nitrogens with zero attached hydrogens (tertiary/aromatic N) is 1. The van der Waals surface area contributed by atoms with E-state index in [1.165, 1.54) is 0 Å². The van der Waals surface area contributed by atoms with Crippen molar-refractivity contribution in [3.05, 3.63) is 35.9 Å². The summed E-state index contributed by atoms with van der Waals surface area (Å²) in [4.78, 5) is 39.6. The van der Waals surface area contributed by atoms with E-state index in [0.29, 0.717) is 25.2 Å². The first kappa shape index (κ1) is 24.6. The van der Waals surface area contributed by atoms with Gasteiger partial charge in [0.05, 0.1) is 12.6 Å². The second-order valence-corrected chi connectivity index (χ2v) is 9.74. The van der Waals surface area contributed by atoms with E-state index in [2.05, 4.69) is 5.32 Å². The molecule has 0 aliphatic carbocycles. The predicted octanol–water partition coefficient (Wildman–Crippen LogP) is 2.73. The van der Waals surface area contributed by atoms with E-state index in [1.54, 1.807) is 30.5 Å². The van der Waals surface area contributed by atoms with Crippen LogP contribution in [0.5, 0.6) is 0 Å². The number of piperidine rings is 1. The zero-order valence-corrected chi connectivity index (χ0v) is 19.7. The van der Waals surface area contributed by atoms with Gasteiger partial charge >= 0.3 is 11.9 Å². The van der Waals surface area contributed by atoms with Crippen LogP contribution in [0.4, 0.5) is 0 Å². The van der Waals surface area contributed by atoms with Crippen molar-refractivity contribution in [1.82, 2.24) is 10.2 Å². The summed E-state index contributed by atoms with van der Waals surface area (Å²) in [5.74, 6) is 0.584. The lowest BCUT2D eigenvalue weighted by molar-refractivity contribution is -0.158. The van der Waals surface area contributed by atoms with Crippen molar-refractivity contribution in [2.45, 2.75) is 70.1 Å². The van der Waals surface area contributed by atoms with Crippen LogP contribution in [-0.4, -0.2) is 70.1 Å². The van der Waals surface area contributed by atoms with Crippen molar-refractivity contribution in [2.24, 2.45) is 5.92 Å². The van der Waals surface area contributed by atoms with Crippen LogP contribution in [0.15, 0.2) is 30.3 Å². The third-order valence-corrected chi connectivity index (χ3v) is 7.57. The number of benzene rings is 1. The summed E-state index contributed by atoms with van der Waals surface area (Å²) >= 11 is 1.78. The van der Waals surface area contributed by atoms with Crippen LogP contribution >= 0.6 is 11.8 Å². The third-order valence-electron chi connectivity index (χ3n) is 6.47. The Bertz CT molecular complexity index is 790. The summed E-state index contributed by atoms with van der Waals surface area (Å²) in [6, 6.07) is 7.66. The van der Waals surface area contributed by atoms with E-state index >= 15 is 0 Å². The van der Waals surface area contributed by atoms with Crippen molar-refractivity contribution in [3.63, 3.8) is 0 Å². The Morgan fingerprint density at radius 1 is 1.22 bits per heavy atom. The lowest BCUT2D eigenvalue weighted by Crippen LogP contribution is -2.62. The van der Waals surface area contributed by atoms with E-state index in [0.717, 1.165) is 29.9 Å². The Hall–Kier alpha value is -2.06. The molecular weight excluding hydrogens is 428 g/mol. The molecule has 32 heavy (non-hydrogen) atoms. The molecule has 2 N–H and O–H groups in total. The second-order valence-electron chi connectivity index (χ2n) is 8.59. The van der Waals surface area contributed by atoms with Crippen LogP contribution in [0, 0.1) is 5.92 Å². The van der Waals surface area contributed by atoms with Crippen LogP contribution < -0.4 is 5.32 Å². The topological polar surface area (TPSA) is 95.9 Å². The van der Waals surface area contributed by atoms with Crippen molar-refractivity contribution < 1.29 is 24.2 Å². The van der Waals surface area contributed by atoms with Crippen molar-refractivity contribution in [1.29, 1.82) is 0 Å². The van der Waals surface area contributed by atoms with Gasteiger partial charge in [0.15, 0.2) is 0 Å². The largest absolute Gasteiger partial charge is 0.480 e. The molecule has 0 spiro atoms. The molecule has 0 radical (unpaired) electrons. The highest BCUT2D eigenvalue weighted by molar-refractivity contribution is 7.99. The molecule has 2 saturated heterocycles. The van der Waals surface area contributed by atoms with Crippen molar-refractivity contribution in [2.75, 3.05) is 18.1 Å². The molecular formula is C24H34N2O5S. The molecule has 2 fully saturated rings. The zero-order chi connectivity index (χ0) is 23.1. The summed E-state index contributed by atoms with van der Waals surface area (Å²) in [5.41, 5.74) is 1.10. The summed E-state index contributed by atoms with van der Waals surface area (Å²) < 4.78 is 5.24. The van der Waals surface area contributed by atoms with E-state index < -0.39 is 24.1 Å². The van der Waals surface area contributed by atoms with Crippen LogP contribution in [0.25, 0.3) is 0 Å². The van der Waals surface area contributed by atoms with Gasteiger partial charge < -0.3 is 14.7 Å². The number of carboxylic acids is 1. The number of fused-ring (bicyclic) bond motifs is 1. The van der Waals surface area contributed by atoms with Crippen LogP contribution in [0.3, 0.4) is 0 Å². The number of carboxylic acid groups (broad SMARTS) is 1. The second kappa shape index (κ2) is 11.7. The quantitative estimate of drug-likeness (QED) is 0.545. The van der Waals surface area contributed by atoms with Crippen LogP contribution in [0.1, 0.15) is 45.1 Å². The average Bonchev–Trinajstić information content (AvgIpc) is 2.81. The molecule has 1 aromatic carbocycles. The maximum absolute atomic E-state index is 13.5. The molecule has 176 valence electrons. The van der Waals surface area contributed by atoms with Gasteiger partial charge in [0.25, 0.3) is 0 Å². The summed E-state index contributed by atoms with van der Waals surface area (Å²) in [6.07, 6.45) is 3.49. The monoisotopic (exact) mass is 462 g/mol. The van der Waals surface area contributed by atoms with E-state index in [-0.39, 0.29) is 24.5 Å². The number of nitrogens with one attached hydrogen (secondary N) is 1. The van der Waals surface area contributed by atoms with Gasteiger partial charge in [-0.05, 0) is 63.2 Å². The van der Waals surface area contributed by atoms with Crippen molar-refractivity contribution >= 4 is 29.6 Å². The average molecular weight is 463 g/mol. The highest BCUT2D eigenvalue weighted by Gasteiger charge is 2.45. The van der Waals surface area contributed by atoms with E-state index in [1.807, 2.05) is 30.3 Å². The van der Waals surface area contributed by atoms with Crippen LogP contribution in [-0.2, 0) is 25.5 Å². The first-order valence-corrected chi connectivity index (χ1v) is 12.7. The molecule has 2 heterocycles. The predicted molar refractivity (Wildman–Crippen MR) is 125 cm³/mol. The zero-order valence-electron chi connectivity index (χ0n) is 18.9. The minimum Gasteiger partial charge on any atom is -0.480 e. The smallest absolute Gasteiger partial charge is 0.326 e. The Morgan fingerprint density at radius 3 is 2.66 bits per heavy atom. The van der Waals surface area contributed by atoms with Gasteiger partial charge in [0.1, 0.15) is 12.1 Å². The fraction of sp³-hybridized carbons (Fsp3) is 0.625. The number of rotatable bonds is 9. The number of hydrogen-bond acceptors (Lipinski definition) is 6. The number of thioether (sulfide) groups is 1. The number of aryl methyl sites for hydroxylation is 1. The fourth-order valence-corrected chi connectivity index (χ4v) is 6.09. The van der Waals surface area contributed by atoms with Gasteiger partial charge in [0, 0.05) is 11.8 Å². The maximum Gasteiger partial charge on any atom is 0.326 e. The molecule has 1 aromatic rings. The number of amides is 1. The van der Waals surface area contributed by atoms with Gasteiger partial charge in [0.2, 0.25) is 5.91 Å². The van der Waals surface area contributed by atoms with Gasteiger partial charge in [-0.15, -0.1) is 0 Å². The first-order chi connectivity index (χ1) is 15.4. The lowest BCUT2D eigenvalue weighted by atomic mass is 9.83. The van der Waals surface area contributed by atoms with Gasteiger partial charge in [-0.3, -0.25) is 14.9 Å². The summed E-state index contributed by atoms with van der Waals surface area (Å²) in [5, 5.41) is 12.9. The van der Waals surface area contributed by atoms with Crippen molar-refractivity contribution in [3.8, 4) is 0 Å². The first-order valence-electron chi connectivity index (χ1n) is 11.5. The number of likely N-dealkylation sites (tertiary alicyclic amines) is 1. The molecule has 3 rings (SSSR count). The molecule has 1 amide bonds. The summed E-state index contributed by atoms with van der Waals surface area (Å²) in [7, 11) is 0. The van der Waals surface area contributed by atoms with Gasteiger partial charge in [-0.1, -0.05) is 30.3 Å². The molecule has 2 aliphatic rings. The highest BCUT2D eigenvalue weighted by Crippen LogP contribution is 2.37. The van der Waals surface area contributed by atoms with E-state index in [9.17, 15) is 19.5 Å². The number of aliphatic carboxylic acids is 1. The Kier molecular flexibility index (Phi) is 8.99. The number of esters is 1. The third kappa shape index (κ3) is 6.04. The molecule has 0 bridgehead atoms. The van der Waals surface area contributed by atoms with Gasteiger partial charge in [-0.2, -0.15) is 11.8 Å². The molecule has 7 nitrogen and oxygen atoms in total.